The van der Waals surface area contributed by atoms with Gasteiger partial charge in [-0.3, -0.25) is 4.90 Å². The van der Waals surface area contributed by atoms with Crippen molar-refractivity contribution in [3.63, 3.8) is 0 Å². The maximum absolute atomic E-state index is 6.05. The summed E-state index contributed by atoms with van der Waals surface area (Å²) >= 11 is 0. The molecule has 0 radical (unpaired) electrons. The average Bonchev–Trinajstić information content (AvgIpc) is 2.75. The van der Waals surface area contributed by atoms with Crippen LogP contribution < -0.4 is 19.9 Å². The summed E-state index contributed by atoms with van der Waals surface area (Å²) in [5.41, 5.74) is 6.83. The first-order valence-electron chi connectivity index (χ1n) is 11.2. The van der Waals surface area contributed by atoms with Gasteiger partial charge in [0, 0.05) is 32.7 Å². The zero-order valence-electron chi connectivity index (χ0n) is 18.8. The predicted molar refractivity (Wildman–Crippen MR) is 119 cm³/mol. The second kappa shape index (κ2) is 13.7. The van der Waals surface area contributed by atoms with Crippen LogP contribution >= 0.6 is 0 Å². The van der Waals surface area contributed by atoms with E-state index in [4.69, 9.17) is 19.9 Å². The van der Waals surface area contributed by atoms with Crippen LogP contribution in [-0.4, -0.2) is 69.9 Å². The molecular weight excluding hydrogens is 366 g/mol. The van der Waals surface area contributed by atoms with Gasteiger partial charge >= 0.3 is 0 Å². The zero-order chi connectivity index (χ0) is 20.9. The van der Waals surface area contributed by atoms with Gasteiger partial charge in [-0.25, -0.2) is 0 Å². The Hall–Kier alpha value is -1.50. The van der Waals surface area contributed by atoms with Crippen LogP contribution in [0.3, 0.4) is 0 Å². The quantitative estimate of drug-likeness (QED) is 0.476. The van der Waals surface area contributed by atoms with Crippen molar-refractivity contribution in [1.29, 1.82) is 0 Å². The summed E-state index contributed by atoms with van der Waals surface area (Å²) in [6.07, 6.45) is 7.16. The van der Waals surface area contributed by atoms with Crippen molar-refractivity contribution in [1.82, 2.24) is 9.80 Å². The molecule has 0 unspecified atom stereocenters. The second-order valence-corrected chi connectivity index (χ2v) is 7.85. The number of hydrogen-bond acceptors (Lipinski definition) is 6. The first kappa shape index (κ1) is 23.8. The van der Waals surface area contributed by atoms with Crippen LogP contribution in [0, 0.1) is 0 Å². The first-order chi connectivity index (χ1) is 14.2. The highest BCUT2D eigenvalue weighted by molar-refractivity contribution is 5.53. The molecular formula is C23H41N3O3. The summed E-state index contributed by atoms with van der Waals surface area (Å²) in [5, 5.41) is 0. The second-order valence-electron chi connectivity index (χ2n) is 7.85. The summed E-state index contributed by atoms with van der Waals surface area (Å²) < 4.78 is 17.3. The number of unbranched alkanes of at least 4 members (excludes halogenated alkanes) is 4. The molecule has 0 bridgehead atoms. The highest BCUT2D eigenvalue weighted by atomic mass is 16.5. The van der Waals surface area contributed by atoms with E-state index in [-0.39, 0.29) is 0 Å². The molecule has 0 amide bonds. The highest BCUT2D eigenvalue weighted by Gasteiger charge is 2.19. The molecule has 2 N–H and O–H groups in total. The minimum absolute atomic E-state index is 0.695. The van der Waals surface area contributed by atoms with E-state index >= 15 is 0 Å². The third kappa shape index (κ3) is 8.03. The van der Waals surface area contributed by atoms with E-state index in [9.17, 15) is 0 Å². The Balaban J connectivity index is 1.91. The van der Waals surface area contributed by atoms with Gasteiger partial charge in [0.15, 0.2) is 11.5 Å². The molecule has 29 heavy (non-hydrogen) atoms. The molecule has 2 rings (SSSR count). The lowest BCUT2D eigenvalue weighted by molar-refractivity contribution is 0.126. The van der Waals surface area contributed by atoms with E-state index in [1.54, 1.807) is 14.2 Å². The molecule has 166 valence electrons. The lowest BCUT2D eigenvalue weighted by Gasteiger charge is -2.34. The van der Waals surface area contributed by atoms with Gasteiger partial charge < -0.3 is 24.8 Å². The van der Waals surface area contributed by atoms with Crippen LogP contribution in [0.4, 0.5) is 0 Å². The van der Waals surface area contributed by atoms with E-state index in [1.807, 2.05) is 0 Å². The minimum Gasteiger partial charge on any atom is -0.493 e. The SMILES string of the molecule is CCCCCCCOc1c(OC)cc(CN2CCN(CCCN)CC2)cc1OC. The van der Waals surface area contributed by atoms with Gasteiger partial charge in [0.25, 0.3) is 0 Å². The van der Waals surface area contributed by atoms with E-state index in [0.29, 0.717) is 6.61 Å². The highest BCUT2D eigenvalue weighted by Crippen LogP contribution is 2.39. The van der Waals surface area contributed by atoms with Crippen molar-refractivity contribution in [3.05, 3.63) is 17.7 Å². The maximum atomic E-state index is 6.05. The Morgan fingerprint density at radius 2 is 1.48 bits per heavy atom. The molecule has 0 aromatic heterocycles. The molecule has 1 aliphatic rings. The Morgan fingerprint density at radius 1 is 0.862 bits per heavy atom. The molecule has 6 nitrogen and oxygen atoms in total. The number of methoxy groups -OCH3 is 2. The van der Waals surface area contributed by atoms with Crippen LogP contribution in [-0.2, 0) is 6.54 Å². The Labute approximate surface area is 177 Å². The lowest BCUT2D eigenvalue weighted by atomic mass is 10.1. The van der Waals surface area contributed by atoms with Crippen LogP contribution in [0.15, 0.2) is 12.1 Å². The smallest absolute Gasteiger partial charge is 0.203 e. The summed E-state index contributed by atoms with van der Waals surface area (Å²) in [6.45, 7) is 10.1. The van der Waals surface area contributed by atoms with Gasteiger partial charge in [-0.15, -0.1) is 0 Å². The number of nitrogens with zero attached hydrogens (tertiary/aromatic N) is 2. The number of rotatable bonds is 14. The van der Waals surface area contributed by atoms with E-state index in [0.717, 1.165) is 75.9 Å². The molecule has 0 aliphatic carbocycles. The Bertz CT molecular complexity index is 549. The van der Waals surface area contributed by atoms with E-state index in [1.165, 1.54) is 31.2 Å². The predicted octanol–water partition coefficient (Wildman–Crippen LogP) is 3.52. The van der Waals surface area contributed by atoms with Crippen molar-refractivity contribution in [3.8, 4) is 17.2 Å². The third-order valence-electron chi connectivity index (χ3n) is 5.56. The fourth-order valence-corrected chi connectivity index (χ4v) is 3.79. The molecule has 1 aromatic rings. The van der Waals surface area contributed by atoms with Crippen molar-refractivity contribution >= 4 is 0 Å². The van der Waals surface area contributed by atoms with Gasteiger partial charge in [-0.05, 0) is 43.6 Å². The van der Waals surface area contributed by atoms with Gasteiger partial charge in [0.1, 0.15) is 0 Å². The number of benzene rings is 1. The van der Waals surface area contributed by atoms with Crippen LogP contribution in [0.1, 0.15) is 51.0 Å². The van der Waals surface area contributed by atoms with Crippen molar-refractivity contribution in [2.75, 3.05) is 60.1 Å². The molecule has 1 aliphatic heterocycles. The molecule has 6 heteroatoms. The Kier molecular flexibility index (Phi) is 11.2. The fraction of sp³-hybridized carbons (Fsp3) is 0.739. The average molecular weight is 408 g/mol. The summed E-state index contributed by atoms with van der Waals surface area (Å²) in [5.74, 6) is 2.24. The topological polar surface area (TPSA) is 60.2 Å². The van der Waals surface area contributed by atoms with Crippen LogP contribution in [0.5, 0.6) is 17.2 Å². The summed E-state index contributed by atoms with van der Waals surface area (Å²) in [7, 11) is 3.39. The van der Waals surface area contributed by atoms with Gasteiger partial charge in [-0.2, -0.15) is 0 Å². The van der Waals surface area contributed by atoms with Gasteiger partial charge in [0.05, 0.1) is 20.8 Å². The number of ether oxygens (including phenoxy) is 3. The number of piperazine rings is 1. The molecule has 0 atom stereocenters. The largest absolute Gasteiger partial charge is 0.493 e. The van der Waals surface area contributed by atoms with Gasteiger partial charge in [0.2, 0.25) is 5.75 Å². The van der Waals surface area contributed by atoms with Crippen molar-refractivity contribution < 1.29 is 14.2 Å². The summed E-state index contributed by atoms with van der Waals surface area (Å²) in [4.78, 5) is 4.99. The Morgan fingerprint density at radius 3 is 2.07 bits per heavy atom. The summed E-state index contributed by atoms with van der Waals surface area (Å²) in [6, 6.07) is 4.19. The molecule has 1 fully saturated rings. The number of hydrogen-bond donors (Lipinski definition) is 1. The molecule has 0 saturated carbocycles. The molecule has 1 saturated heterocycles. The lowest BCUT2D eigenvalue weighted by Crippen LogP contribution is -2.46. The standard InChI is InChI=1S/C23H41N3O3/c1-4-5-6-7-8-16-29-23-21(27-2)17-20(18-22(23)28-3)19-26-14-12-25(13-15-26)11-9-10-24/h17-18H,4-16,19,24H2,1-3H3. The van der Waals surface area contributed by atoms with Crippen molar-refractivity contribution in [2.45, 2.75) is 52.0 Å². The normalized spacial score (nSPS) is 15.4. The minimum atomic E-state index is 0.695. The van der Waals surface area contributed by atoms with Crippen molar-refractivity contribution in [2.24, 2.45) is 5.73 Å². The molecule has 1 aromatic carbocycles. The number of nitrogens with two attached hydrogens (primary N) is 1. The van der Waals surface area contributed by atoms with E-state index in [2.05, 4.69) is 28.9 Å². The maximum Gasteiger partial charge on any atom is 0.203 e. The zero-order valence-corrected chi connectivity index (χ0v) is 18.8. The molecule has 1 heterocycles. The van der Waals surface area contributed by atoms with E-state index < -0.39 is 0 Å². The van der Waals surface area contributed by atoms with Crippen LogP contribution in [0.25, 0.3) is 0 Å². The third-order valence-corrected chi connectivity index (χ3v) is 5.56. The monoisotopic (exact) mass is 407 g/mol. The first-order valence-corrected chi connectivity index (χ1v) is 11.2. The fourth-order valence-electron chi connectivity index (χ4n) is 3.79. The van der Waals surface area contributed by atoms with Crippen LogP contribution in [0.2, 0.25) is 0 Å². The molecule has 0 spiro atoms. The van der Waals surface area contributed by atoms with Gasteiger partial charge in [-0.1, -0.05) is 32.6 Å².